The van der Waals surface area contributed by atoms with Crippen LogP contribution in [0.1, 0.15) is 19.4 Å². The Morgan fingerprint density at radius 1 is 1.64 bits per heavy atom. The Labute approximate surface area is 89.0 Å². The molecule has 14 heavy (non-hydrogen) atoms. The van der Waals surface area contributed by atoms with Crippen molar-refractivity contribution in [3.63, 3.8) is 0 Å². The van der Waals surface area contributed by atoms with Crippen molar-refractivity contribution in [2.45, 2.75) is 20.4 Å². The first-order valence-corrected chi connectivity index (χ1v) is 5.67. The highest BCUT2D eigenvalue weighted by molar-refractivity contribution is 7.07. The molecule has 0 aliphatic carbocycles. The molecule has 1 rings (SSSR count). The molecule has 4 heteroatoms. The Balaban J connectivity index is 2.30. The number of nitrogens with one attached hydrogen (secondary N) is 1. The van der Waals surface area contributed by atoms with E-state index in [1.165, 1.54) is 5.56 Å². The topological polar surface area (TPSA) is 50.4 Å². The predicted octanol–water partition coefficient (Wildman–Crippen LogP) is 1.81. The number of thiophene rings is 1. The van der Waals surface area contributed by atoms with Crippen LogP contribution in [0.2, 0.25) is 0 Å². The fourth-order valence-electron chi connectivity index (χ4n) is 0.924. The van der Waals surface area contributed by atoms with Crippen molar-refractivity contribution < 1.29 is 0 Å². The molecule has 78 valence electrons. The van der Waals surface area contributed by atoms with Gasteiger partial charge in [-0.05, 0) is 28.3 Å². The maximum Gasteiger partial charge on any atom is 0.188 e. The van der Waals surface area contributed by atoms with Crippen molar-refractivity contribution in [3.8, 4) is 0 Å². The van der Waals surface area contributed by atoms with Gasteiger partial charge in [0, 0.05) is 6.54 Å². The second-order valence-electron chi connectivity index (χ2n) is 3.61. The van der Waals surface area contributed by atoms with E-state index >= 15 is 0 Å². The monoisotopic (exact) mass is 211 g/mol. The van der Waals surface area contributed by atoms with Crippen molar-refractivity contribution in [2.24, 2.45) is 16.6 Å². The van der Waals surface area contributed by atoms with Crippen LogP contribution in [0.5, 0.6) is 0 Å². The van der Waals surface area contributed by atoms with E-state index < -0.39 is 0 Å². The van der Waals surface area contributed by atoms with Crippen molar-refractivity contribution in [1.29, 1.82) is 0 Å². The maximum atomic E-state index is 5.68. The Hall–Kier alpha value is -1.03. The van der Waals surface area contributed by atoms with Crippen molar-refractivity contribution >= 4 is 17.3 Å². The molecular weight excluding hydrogens is 194 g/mol. The SMILES string of the molecule is CC(C)CNC(N)=NCc1ccsc1. The van der Waals surface area contributed by atoms with E-state index in [1.807, 2.05) is 5.38 Å². The molecular formula is C10H17N3S. The van der Waals surface area contributed by atoms with Gasteiger partial charge in [-0.15, -0.1) is 0 Å². The van der Waals surface area contributed by atoms with Crippen LogP contribution in [0.15, 0.2) is 21.8 Å². The van der Waals surface area contributed by atoms with Gasteiger partial charge in [-0.2, -0.15) is 11.3 Å². The highest BCUT2D eigenvalue weighted by Crippen LogP contribution is 2.06. The number of hydrogen-bond donors (Lipinski definition) is 2. The highest BCUT2D eigenvalue weighted by Gasteiger charge is 1.95. The molecule has 0 saturated heterocycles. The Kier molecular flexibility index (Phi) is 4.46. The summed E-state index contributed by atoms with van der Waals surface area (Å²) in [5.41, 5.74) is 6.89. The van der Waals surface area contributed by atoms with Gasteiger partial charge in [0.2, 0.25) is 0 Å². The number of aliphatic imine (C=N–C) groups is 1. The van der Waals surface area contributed by atoms with Crippen LogP contribution in [0, 0.1) is 5.92 Å². The fraction of sp³-hybridized carbons (Fsp3) is 0.500. The Morgan fingerprint density at radius 2 is 2.43 bits per heavy atom. The average molecular weight is 211 g/mol. The van der Waals surface area contributed by atoms with Crippen LogP contribution in [-0.2, 0) is 6.54 Å². The molecule has 3 N–H and O–H groups in total. The molecule has 0 radical (unpaired) electrons. The zero-order chi connectivity index (χ0) is 10.4. The van der Waals surface area contributed by atoms with Gasteiger partial charge in [0.1, 0.15) is 0 Å². The summed E-state index contributed by atoms with van der Waals surface area (Å²) in [6, 6.07) is 2.06. The molecule has 0 spiro atoms. The molecule has 0 aliphatic heterocycles. The molecule has 0 amide bonds. The summed E-state index contributed by atoms with van der Waals surface area (Å²) >= 11 is 1.68. The number of nitrogens with zero attached hydrogens (tertiary/aromatic N) is 1. The Bertz CT molecular complexity index is 278. The highest BCUT2D eigenvalue weighted by atomic mass is 32.1. The summed E-state index contributed by atoms with van der Waals surface area (Å²) in [4.78, 5) is 4.23. The molecule has 0 unspecified atom stereocenters. The van der Waals surface area contributed by atoms with E-state index in [4.69, 9.17) is 5.73 Å². The van der Waals surface area contributed by atoms with Gasteiger partial charge in [-0.25, -0.2) is 4.99 Å². The van der Waals surface area contributed by atoms with Gasteiger partial charge in [0.25, 0.3) is 0 Å². The fourth-order valence-corrected chi connectivity index (χ4v) is 1.58. The number of guanidine groups is 1. The van der Waals surface area contributed by atoms with Gasteiger partial charge >= 0.3 is 0 Å². The van der Waals surface area contributed by atoms with Crippen molar-refractivity contribution in [1.82, 2.24) is 5.32 Å². The van der Waals surface area contributed by atoms with E-state index in [9.17, 15) is 0 Å². The van der Waals surface area contributed by atoms with Gasteiger partial charge in [0.15, 0.2) is 5.96 Å². The van der Waals surface area contributed by atoms with E-state index in [2.05, 4.69) is 35.6 Å². The van der Waals surface area contributed by atoms with Crippen molar-refractivity contribution in [3.05, 3.63) is 22.4 Å². The summed E-state index contributed by atoms with van der Waals surface area (Å²) < 4.78 is 0. The molecule has 1 aromatic heterocycles. The minimum Gasteiger partial charge on any atom is -0.370 e. The molecule has 0 atom stereocenters. The first kappa shape index (κ1) is 11.0. The lowest BCUT2D eigenvalue weighted by Gasteiger charge is -2.07. The van der Waals surface area contributed by atoms with Crippen molar-refractivity contribution in [2.75, 3.05) is 6.54 Å². The van der Waals surface area contributed by atoms with E-state index in [-0.39, 0.29) is 0 Å². The molecule has 3 nitrogen and oxygen atoms in total. The van der Waals surface area contributed by atoms with Gasteiger partial charge in [-0.1, -0.05) is 13.8 Å². The third-order valence-corrected chi connectivity index (χ3v) is 2.44. The third-order valence-electron chi connectivity index (χ3n) is 1.70. The lowest BCUT2D eigenvalue weighted by molar-refractivity contribution is 0.622. The third kappa shape index (κ3) is 4.28. The lowest BCUT2D eigenvalue weighted by atomic mass is 10.2. The van der Waals surface area contributed by atoms with Crippen LogP contribution in [0.25, 0.3) is 0 Å². The zero-order valence-corrected chi connectivity index (χ0v) is 9.47. The average Bonchev–Trinajstić information content (AvgIpc) is 2.63. The first-order valence-electron chi connectivity index (χ1n) is 4.73. The van der Waals surface area contributed by atoms with Crippen LogP contribution >= 0.6 is 11.3 Å². The van der Waals surface area contributed by atoms with Crippen LogP contribution < -0.4 is 11.1 Å². The second-order valence-corrected chi connectivity index (χ2v) is 4.39. The lowest BCUT2D eigenvalue weighted by Crippen LogP contribution is -2.34. The summed E-state index contributed by atoms with van der Waals surface area (Å²) in [7, 11) is 0. The molecule has 0 saturated carbocycles. The first-order chi connectivity index (χ1) is 6.68. The maximum absolute atomic E-state index is 5.68. The molecule has 0 fully saturated rings. The van der Waals surface area contributed by atoms with Crippen LogP contribution in [0.3, 0.4) is 0 Å². The Morgan fingerprint density at radius 3 is 3.00 bits per heavy atom. The molecule has 0 aliphatic rings. The van der Waals surface area contributed by atoms with Gasteiger partial charge < -0.3 is 11.1 Å². The van der Waals surface area contributed by atoms with E-state index in [0.717, 1.165) is 6.54 Å². The number of hydrogen-bond acceptors (Lipinski definition) is 2. The quantitative estimate of drug-likeness (QED) is 0.589. The molecule has 0 aromatic carbocycles. The number of rotatable bonds is 4. The second kappa shape index (κ2) is 5.65. The normalized spacial score (nSPS) is 12.1. The van der Waals surface area contributed by atoms with E-state index in [1.54, 1.807) is 11.3 Å². The predicted molar refractivity (Wildman–Crippen MR) is 62.5 cm³/mol. The van der Waals surface area contributed by atoms with Crippen LogP contribution in [-0.4, -0.2) is 12.5 Å². The van der Waals surface area contributed by atoms with Gasteiger partial charge in [-0.3, -0.25) is 0 Å². The smallest absolute Gasteiger partial charge is 0.188 e. The van der Waals surface area contributed by atoms with Crippen LogP contribution in [0.4, 0.5) is 0 Å². The summed E-state index contributed by atoms with van der Waals surface area (Å²) in [5, 5.41) is 7.20. The molecule has 1 aromatic rings. The molecule has 1 heterocycles. The summed E-state index contributed by atoms with van der Waals surface area (Å²) in [6.07, 6.45) is 0. The van der Waals surface area contributed by atoms with E-state index in [0.29, 0.717) is 18.4 Å². The largest absolute Gasteiger partial charge is 0.370 e. The number of nitrogens with two attached hydrogens (primary N) is 1. The molecule has 0 bridgehead atoms. The van der Waals surface area contributed by atoms with Gasteiger partial charge in [0.05, 0.1) is 6.54 Å². The minimum absolute atomic E-state index is 0.532. The summed E-state index contributed by atoms with van der Waals surface area (Å²) in [6.45, 7) is 5.82. The zero-order valence-electron chi connectivity index (χ0n) is 8.66. The standard InChI is InChI=1S/C10H17N3S/c1-8(2)5-12-10(11)13-6-9-3-4-14-7-9/h3-4,7-8H,5-6H2,1-2H3,(H3,11,12,13). The minimum atomic E-state index is 0.532. The summed E-state index contributed by atoms with van der Waals surface area (Å²) in [5.74, 6) is 1.12.